The summed E-state index contributed by atoms with van der Waals surface area (Å²) in [5.41, 5.74) is 5.55. The first kappa shape index (κ1) is 59.1. The molecule has 0 saturated carbocycles. The number of ether oxygens (including phenoxy) is 3. The van der Waals surface area contributed by atoms with Crippen LogP contribution in [0.3, 0.4) is 0 Å². The third-order valence-electron chi connectivity index (χ3n) is 10.7. The summed E-state index contributed by atoms with van der Waals surface area (Å²) in [5.74, 6) is -3.65. The maximum Gasteiger partial charge on any atom is 0.325 e. The highest BCUT2D eigenvalue weighted by molar-refractivity contribution is 7.99. The molecule has 0 spiro atoms. The van der Waals surface area contributed by atoms with E-state index in [1.807, 2.05) is 0 Å². The molecular weight excluding hydrogens is 811 g/mol. The lowest BCUT2D eigenvalue weighted by molar-refractivity contribution is -0.157. The van der Waals surface area contributed by atoms with Gasteiger partial charge in [-0.2, -0.15) is 11.8 Å². The van der Waals surface area contributed by atoms with E-state index in [4.69, 9.17) is 25.1 Å². The minimum absolute atomic E-state index is 0.0294. The van der Waals surface area contributed by atoms with Crippen molar-refractivity contribution in [3.8, 4) is 0 Å². The smallest absolute Gasteiger partial charge is 0.325 e. The van der Waals surface area contributed by atoms with Crippen LogP contribution in [0.15, 0.2) is 0 Å². The quantitative estimate of drug-likeness (QED) is 0.0257. The normalized spacial score (nSPS) is 12.7. The molecule has 0 aliphatic heterocycles. The van der Waals surface area contributed by atoms with Crippen molar-refractivity contribution in [3.63, 3.8) is 0 Å². The average Bonchev–Trinajstić information content (AvgIpc) is 3.23. The summed E-state index contributed by atoms with van der Waals surface area (Å²) >= 11 is 1.21. The van der Waals surface area contributed by atoms with E-state index >= 15 is 0 Å². The number of aliphatic carboxylic acids is 1. The Hall–Kier alpha value is -2.87. The van der Waals surface area contributed by atoms with Crippen LogP contribution in [0.2, 0.25) is 0 Å². The summed E-state index contributed by atoms with van der Waals surface area (Å²) in [4.78, 5) is 74.8. The molecule has 0 aromatic heterocycles. The number of carbonyl (C=O) groups is 6. The van der Waals surface area contributed by atoms with E-state index in [0.717, 1.165) is 44.9 Å². The van der Waals surface area contributed by atoms with Gasteiger partial charge in [0.1, 0.15) is 31.3 Å². The van der Waals surface area contributed by atoms with Crippen LogP contribution in [-0.2, 0) is 43.0 Å². The Kier molecular flexibility index (Phi) is 40.2. The van der Waals surface area contributed by atoms with Crippen molar-refractivity contribution in [3.05, 3.63) is 0 Å². The molecule has 5 N–H and O–H groups in total. The Labute approximate surface area is 380 Å². The number of esters is 3. The van der Waals surface area contributed by atoms with Gasteiger partial charge in [-0.15, -0.1) is 0 Å². The Morgan fingerprint density at radius 1 is 0.565 bits per heavy atom. The lowest BCUT2D eigenvalue weighted by atomic mass is 10.0. The number of unbranched alkanes of at least 4 members (excludes halogenated alkanes) is 24. The minimum Gasteiger partial charge on any atom is -0.480 e. The third kappa shape index (κ3) is 38.8. The zero-order valence-corrected chi connectivity index (χ0v) is 40.3. The molecule has 3 atom stereocenters. The van der Waals surface area contributed by atoms with Crippen LogP contribution in [0.5, 0.6) is 0 Å². The second-order valence-corrected chi connectivity index (χ2v) is 18.3. The van der Waals surface area contributed by atoms with Crippen molar-refractivity contribution in [2.24, 2.45) is 5.73 Å². The van der Waals surface area contributed by atoms with Gasteiger partial charge in [0.2, 0.25) is 11.8 Å². The van der Waals surface area contributed by atoms with Crippen LogP contribution in [-0.4, -0.2) is 89.7 Å². The van der Waals surface area contributed by atoms with E-state index in [2.05, 4.69) is 24.5 Å². The third-order valence-corrected chi connectivity index (χ3v) is 11.9. The number of carboxylic acids is 1. The zero-order valence-electron chi connectivity index (χ0n) is 39.5. The lowest BCUT2D eigenvalue weighted by Gasteiger charge is -2.21. The fourth-order valence-electron chi connectivity index (χ4n) is 6.96. The van der Waals surface area contributed by atoms with Gasteiger partial charge in [0.25, 0.3) is 0 Å². The molecule has 0 aromatic rings. The Morgan fingerprint density at radius 3 is 1.44 bits per heavy atom. The van der Waals surface area contributed by atoms with E-state index < -0.39 is 48.5 Å². The number of hydrogen-bond donors (Lipinski definition) is 4. The van der Waals surface area contributed by atoms with Crippen LogP contribution in [0.1, 0.15) is 220 Å². The van der Waals surface area contributed by atoms with Gasteiger partial charge in [0.05, 0.1) is 6.10 Å². The molecule has 0 unspecified atom stereocenters. The molecule has 362 valence electrons. The molecule has 0 aromatic carbocycles. The first-order valence-electron chi connectivity index (χ1n) is 24.6. The number of rotatable bonds is 44. The maximum atomic E-state index is 13.1. The van der Waals surface area contributed by atoms with Gasteiger partial charge in [-0.1, -0.05) is 168 Å². The van der Waals surface area contributed by atoms with Crippen molar-refractivity contribution in [2.45, 2.75) is 245 Å². The monoisotopic (exact) mass is 900 g/mol. The van der Waals surface area contributed by atoms with Gasteiger partial charge in [-0.05, 0) is 33.1 Å². The topological polar surface area (TPSA) is 200 Å². The van der Waals surface area contributed by atoms with Crippen molar-refractivity contribution in [2.75, 3.05) is 24.7 Å². The molecule has 0 heterocycles. The second kappa shape index (κ2) is 42.1. The van der Waals surface area contributed by atoms with E-state index in [1.54, 1.807) is 13.8 Å². The average molecular weight is 900 g/mol. The minimum atomic E-state index is -1.24. The van der Waals surface area contributed by atoms with Crippen molar-refractivity contribution in [1.29, 1.82) is 0 Å². The van der Waals surface area contributed by atoms with Gasteiger partial charge >= 0.3 is 23.9 Å². The van der Waals surface area contributed by atoms with Gasteiger partial charge < -0.3 is 35.7 Å². The predicted molar refractivity (Wildman–Crippen MR) is 250 cm³/mol. The molecule has 0 saturated heterocycles. The lowest BCUT2D eigenvalue weighted by Crippen LogP contribution is -2.50. The van der Waals surface area contributed by atoms with Gasteiger partial charge in [-0.3, -0.25) is 28.8 Å². The van der Waals surface area contributed by atoms with Gasteiger partial charge in [0, 0.05) is 30.8 Å². The molecule has 0 bridgehead atoms. The Bertz CT molecular complexity index is 1170. The predicted octanol–water partition coefficient (Wildman–Crippen LogP) is 9.88. The van der Waals surface area contributed by atoms with Crippen LogP contribution in [0, 0.1) is 0 Å². The van der Waals surface area contributed by atoms with E-state index in [1.165, 1.54) is 127 Å². The molecule has 13 nitrogen and oxygen atoms in total. The van der Waals surface area contributed by atoms with Gasteiger partial charge in [-0.25, -0.2) is 0 Å². The van der Waals surface area contributed by atoms with Crippen LogP contribution < -0.4 is 16.4 Å². The van der Waals surface area contributed by atoms with Crippen molar-refractivity contribution >= 4 is 47.5 Å². The first-order valence-corrected chi connectivity index (χ1v) is 25.7. The highest BCUT2D eigenvalue weighted by atomic mass is 32.2. The summed E-state index contributed by atoms with van der Waals surface area (Å²) in [6, 6.07) is -2.35. The first-order chi connectivity index (χ1) is 29.9. The summed E-state index contributed by atoms with van der Waals surface area (Å²) in [7, 11) is 0. The molecule has 14 heteroatoms. The molecular formula is C48H89N3O10S. The summed E-state index contributed by atoms with van der Waals surface area (Å²) in [6.07, 6.45) is 30.2. The second-order valence-electron chi connectivity index (χ2n) is 17.2. The molecule has 0 radical (unpaired) electrons. The van der Waals surface area contributed by atoms with E-state index in [-0.39, 0.29) is 61.8 Å². The number of hydrogen-bond acceptors (Lipinski definition) is 11. The highest BCUT2D eigenvalue weighted by Gasteiger charge is 2.25. The SMILES string of the molecule is CCCCCCCCCCCCCCCC(=O)OC[C@H](CSC[C@H](NC(=O)CC[C@H](N)C(=O)O)C(=O)NCC(=O)OC(C)C)OC(=O)CCCCCCCCCCCCCCC. The highest BCUT2D eigenvalue weighted by Crippen LogP contribution is 2.17. The summed E-state index contributed by atoms with van der Waals surface area (Å²) in [6.45, 7) is 7.30. The van der Waals surface area contributed by atoms with Crippen LogP contribution in [0.25, 0.3) is 0 Å². The van der Waals surface area contributed by atoms with Crippen molar-refractivity contribution in [1.82, 2.24) is 10.6 Å². The zero-order chi connectivity index (χ0) is 46.1. The largest absolute Gasteiger partial charge is 0.480 e. The van der Waals surface area contributed by atoms with Crippen LogP contribution in [0.4, 0.5) is 0 Å². The summed E-state index contributed by atoms with van der Waals surface area (Å²) in [5, 5.41) is 14.2. The van der Waals surface area contributed by atoms with E-state index in [0.29, 0.717) is 6.42 Å². The van der Waals surface area contributed by atoms with E-state index in [9.17, 15) is 28.8 Å². The standard InChI is InChI=1S/C48H89N3O10S/c1-5-7-9-11-13-15-17-19-21-23-25-27-29-31-44(53)59-36-40(61-45(54)32-30-28-26-24-22-20-18-16-14-12-10-8-6-2)37-62-38-42(47(56)50-35-46(55)60-39(3)4)51-43(52)34-33-41(49)48(57)58/h39-42H,5-38,49H2,1-4H3,(H,50,56)(H,51,52)(H,57,58)/t40-,41+,42+/m1/s1. The molecule has 0 fully saturated rings. The molecule has 0 aliphatic rings. The fourth-order valence-corrected chi connectivity index (χ4v) is 7.99. The number of carbonyl (C=O) groups excluding carboxylic acids is 5. The van der Waals surface area contributed by atoms with Gasteiger partial charge in [0.15, 0.2) is 0 Å². The number of carboxylic acid groups (broad SMARTS) is 1. The van der Waals surface area contributed by atoms with Crippen LogP contribution >= 0.6 is 11.8 Å². The van der Waals surface area contributed by atoms with Crippen molar-refractivity contribution < 1.29 is 48.1 Å². The fraction of sp³-hybridized carbons (Fsp3) is 0.875. The summed E-state index contributed by atoms with van der Waals surface area (Å²) < 4.78 is 16.5. The number of nitrogens with two attached hydrogens (primary N) is 1. The molecule has 0 rings (SSSR count). The number of nitrogens with one attached hydrogen (secondary N) is 2. The molecule has 0 aliphatic carbocycles. The Morgan fingerprint density at radius 2 is 1.00 bits per heavy atom. The Balaban J connectivity index is 5.09. The maximum absolute atomic E-state index is 13.1. The molecule has 62 heavy (non-hydrogen) atoms. The molecule has 2 amide bonds. The number of thioether (sulfide) groups is 1. The number of amides is 2.